The third kappa shape index (κ3) is 3.04. The van der Waals surface area contributed by atoms with Crippen LogP contribution in [-0.4, -0.2) is 41.9 Å². The van der Waals surface area contributed by atoms with Crippen molar-refractivity contribution in [1.82, 2.24) is 14.7 Å². The van der Waals surface area contributed by atoms with E-state index in [1.807, 2.05) is 0 Å². The lowest BCUT2D eigenvalue weighted by atomic mass is 10.1. The van der Waals surface area contributed by atoms with Crippen molar-refractivity contribution in [3.8, 4) is 0 Å². The normalized spacial score (nSPS) is 11.3. The summed E-state index contributed by atoms with van der Waals surface area (Å²) in [6.45, 7) is 6.85. The summed E-state index contributed by atoms with van der Waals surface area (Å²) in [5.41, 5.74) is 9.29. The van der Waals surface area contributed by atoms with Crippen molar-refractivity contribution in [3.63, 3.8) is 0 Å². The third-order valence-corrected chi connectivity index (χ3v) is 2.68. The molecule has 2 N–H and O–H groups in total. The standard InChI is InChI=1S/C11H22N4/c1-9-11(5-6-12)10(2)15(13-9)8-7-14(3)4/h5-8,12H2,1-4H3. The zero-order valence-corrected chi connectivity index (χ0v) is 10.2. The average molecular weight is 210 g/mol. The number of nitrogens with two attached hydrogens (primary N) is 1. The van der Waals surface area contributed by atoms with E-state index in [0.717, 1.165) is 25.2 Å². The highest BCUT2D eigenvalue weighted by Crippen LogP contribution is 2.12. The maximum atomic E-state index is 5.58. The van der Waals surface area contributed by atoms with Crippen LogP contribution in [0.5, 0.6) is 0 Å². The number of aryl methyl sites for hydroxylation is 1. The first-order valence-corrected chi connectivity index (χ1v) is 5.44. The smallest absolute Gasteiger partial charge is 0.0628 e. The zero-order valence-electron chi connectivity index (χ0n) is 10.2. The van der Waals surface area contributed by atoms with Crippen LogP contribution in [0.15, 0.2) is 0 Å². The number of aromatic nitrogens is 2. The fourth-order valence-corrected chi connectivity index (χ4v) is 1.75. The van der Waals surface area contributed by atoms with E-state index in [1.165, 1.54) is 11.3 Å². The molecule has 0 fully saturated rings. The summed E-state index contributed by atoms with van der Waals surface area (Å²) in [5, 5.41) is 4.54. The Kier molecular flexibility index (Phi) is 4.29. The molecule has 0 spiro atoms. The van der Waals surface area contributed by atoms with Crippen LogP contribution in [0.25, 0.3) is 0 Å². The van der Waals surface area contributed by atoms with Crippen LogP contribution in [0.2, 0.25) is 0 Å². The topological polar surface area (TPSA) is 47.1 Å². The highest BCUT2D eigenvalue weighted by Gasteiger charge is 2.10. The van der Waals surface area contributed by atoms with Crippen molar-refractivity contribution >= 4 is 0 Å². The fourth-order valence-electron chi connectivity index (χ4n) is 1.75. The maximum absolute atomic E-state index is 5.58. The predicted octanol–water partition coefficient (Wildman–Crippen LogP) is 0.563. The van der Waals surface area contributed by atoms with Gasteiger partial charge in [0.1, 0.15) is 0 Å². The van der Waals surface area contributed by atoms with Crippen molar-refractivity contribution in [2.75, 3.05) is 27.2 Å². The Bertz CT molecular complexity index is 315. The van der Waals surface area contributed by atoms with Crippen molar-refractivity contribution in [2.24, 2.45) is 5.73 Å². The molecule has 86 valence electrons. The van der Waals surface area contributed by atoms with Crippen LogP contribution in [0.1, 0.15) is 17.0 Å². The monoisotopic (exact) mass is 210 g/mol. The first-order chi connectivity index (χ1) is 7.06. The van der Waals surface area contributed by atoms with Crippen LogP contribution in [0, 0.1) is 13.8 Å². The zero-order chi connectivity index (χ0) is 11.4. The molecule has 0 radical (unpaired) electrons. The molecule has 0 amide bonds. The van der Waals surface area contributed by atoms with Gasteiger partial charge in [0.25, 0.3) is 0 Å². The summed E-state index contributed by atoms with van der Waals surface area (Å²) in [4.78, 5) is 2.17. The lowest BCUT2D eigenvalue weighted by Crippen LogP contribution is -2.19. The number of likely N-dealkylation sites (N-methyl/N-ethyl adjacent to an activating group) is 1. The summed E-state index contributed by atoms with van der Waals surface area (Å²) in [7, 11) is 4.15. The highest BCUT2D eigenvalue weighted by atomic mass is 15.3. The van der Waals surface area contributed by atoms with Gasteiger partial charge in [0.2, 0.25) is 0 Å². The van der Waals surface area contributed by atoms with Gasteiger partial charge in [0.05, 0.1) is 12.2 Å². The maximum Gasteiger partial charge on any atom is 0.0628 e. The van der Waals surface area contributed by atoms with Gasteiger partial charge in [-0.25, -0.2) is 0 Å². The second-order valence-electron chi connectivity index (χ2n) is 4.21. The molecule has 4 heteroatoms. The van der Waals surface area contributed by atoms with Crippen LogP contribution >= 0.6 is 0 Å². The minimum atomic E-state index is 0.695. The van der Waals surface area contributed by atoms with Gasteiger partial charge in [-0.3, -0.25) is 4.68 Å². The van der Waals surface area contributed by atoms with Crippen molar-refractivity contribution in [3.05, 3.63) is 17.0 Å². The second-order valence-corrected chi connectivity index (χ2v) is 4.21. The van der Waals surface area contributed by atoms with Gasteiger partial charge < -0.3 is 10.6 Å². The number of nitrogens with zero attached hydrogens (tertiary/aromatic N) is 3. The van der Waals surface area contributed by atoms with E-state index in [4.69, 9.17) is 5.73 Å². The Morgan fingerprint density at radius 3 is 2.53 bits per heavy atom. The molecule has 15 heavy (non-hydrogen) atoms. The molecule has 0 aromatic carbocycles. The summed E-state index contributed by atoms with van der Waals surface area (Å²) >= 11 is 0. The molecule has 0 aliphatic rings. The second kappa shape index (κ2) is 5.28. The molecule has 0 saturated heterocycles. The first kappa shape index (κ1) is 12.2. The summed E-state index contributed by atoms with van der Waals surface area (Å²) in [5.74, 6) is 0. The molecule has 0 saturated carbocycles. The van der Waals surface area contributed by atoms with Crippen molar-refractivity contribution < 1.29 is 0 Å². The van der Waals surface area contributed by atoms with Gasteiger partial charge in [-0.1, -0.05) is 0 Å². The van der Waals surface area contributed by atoms with Gasteiger partial charge in [-0.15, -0.1) is 0 Å². The van der Waals surface area contributed by atoms with Gasteiger partial charge in [-0.05, 0) is 46.5 Å². The van der Waals surface area contributed by atoms with Crippen LogP contribution in [0.3, 0.4) is 0 Å². The summed E-state index contributed by atoms with van der Waals surface area (Å²) in [6.07, 6.45) is 0.930. The van der Waals surface area contributed by atoms with E-state index in [0.29, 0.717) is 6.54 Å². The third-order valence-electron chi connectivity index (χ3n) is 2.68. The van der Waals surface area contributed by atoms with Crippen molar-refractivity contribution in [1.29, 1.82) is 0 Å². The minimum absolute atomic E-state index is 0.695. The molecule has 1 aromatic rings. The SMILES string of the molecule is Cc1nn(CCN(C)C)c(C)c1CCN. The van der Waals surface area contributed by atoms with Crippen LogP contribution < -0.4 is 5.73 Å². The molecule has 1 aromatic heterocycles. The molecule has 4 nitrogen and oxygen atoms in total. The van der Waals surface area contributed by atoms with Crippen LogP contribution in [0.4, 0.5) is 0 Å². The predicted molar refractivity (Wildman–Crippen MR) is 63.0 cm³/mol. The average Bonchev–Trinajstić information content (AvgIpc) is 2.43. The van der Waals surface area contributed by atoms with Crippen molar-refractivity contribution in [2.45, 2.75) is 26.8 Å². The van der Waals surface area contributed by atoms with E-state index in [9.17, 15) is 0 Å². The minimum Gasteiger partial charge on any atom is -0.330 e. The quantitative estimate of drug-likeness (QED) is 0.772. The number of rotatable bonds is 5. The Morgan fingerprint density at radius 2 is 2.00 bits per heavy atom. The fraction of sp³-hybridized carbons (Fsp3) is 0.727. The van der Waals surface area contributed by atoms with E-state index < -0.39 is 0 Å². The van der Waals surface area contributed by atoms with Gasteiger partial charge in [0, 0.05) is 12.2 Å². The van der Waals surface area contributed by atoms with E-state index in [2.05, 4.69) is 42.6 Å². The lowest BCUT2D eigenvalue weighted by Gasteiger charge is -2.10. The van der Waals surface area contributed by atoms with E-state index in [-0.39, 0.29) is 0 Å². The van der Waals surface area contributed by atoms with Gasteiger partial charge >= 0.3 is 0 Å². The molecule has 1 heterocycles. The molecule has 0 aliphatic carbocycles. The first-order valence-electron chi connectivity index (χ1n) is 5.44. The lowest BCUT2D eigenvalue weighted by molar-refractivity contribution is 0.370. The van der Waals surface area contributed by atoms with Crippen LogP contribution in [-0.2, 0) is 13.0 Å². The number of hydrogen-bond acceptors (Lipinski definition) is 3. The number of hydrogen-bond donors (Lipinski definition) is 1. The Labute approximate surface area is 92.1 Å². The van der Waals surface area contributed by atoms with E-state index in [1.54, 1.807) is 0 Å². The molecule has 0 bridgehead atoms. The van der Waals surface area contributed by atoms with Gasteiger partial charge in [0.15, 0.2) is 0 Å². The molecular formula is C11H22N4. The molecule has 0 unspecified atom stereocenters. The Hall–Kier alpha value is -0.870. The molecule has 1 rings (SSSR count). The largest absolute Gasteiger partial charge is 0.330 e. The Balaban J connectivity index is 2.77. The summed E-state index contributed by atoms with van der Waals surface area (Å²) < 4.78 is 2.08. The highest BCUT2D eigenvalue weighted by molar-refractivity contribution is 5.24. The van der Waals surface area contributed by atoms with Gasteiger partial charge in [-0.2, -0.15) is 5.10 Å². The van der Waals surface area contributed by atoms with E-state index >= 15 is 0 Å². The Morgan fingerprint density at radius 1 is 1.33 bits per heavy atom. The molecular weight excluding hydrogens is 188 g/mol. The molecule has 0 atom stereocenters. The molecule has 0 aliphatic heterocycles. The summed E-state index contributed by atoms with van der Waals surface area (Å²) in [6, 6.07) is 0.